The summed E-state index contributed by atoms with van der Waals surface area (Å²) in [5, 5.41) is 14.1. The van der Waals surface area contributed by atoms with Gasteiger partial charge in [-0.25, -0.2) is 0 Å². The van der Waals surface area contributed by atoms with Crippen molar-refractivity contribution < 1.29 is 0 Å². The van der Waals surface area contributed by atoms with Gasteiger partial charge in [-0.3, -0.25) is 0 Å². The largest absolute Gasteiger partial charge is 0.373 e. The molecule has 0 aliphatic heterocycles. The lowest BCUT2D eigenvalue weighted by Gasteiger charge is -2.19. The van der Waals surface area contributed by atoms with Crippen molar-refractivity contribution in [2.45, 2.75) is 57.4 Å². The van der Waals surface area contributed by atoms with Crippen LogP contribution in [-0.2, 0) is 0 Å². The summed E-state index contributed by atoms with van der Waals surface area (Å²) in [7, 11) is 0. The van der Waals surface area contributed by atoms with E-state index in [1.54, 1.807) is 16.9 Å². The minimum Gasteiger partial charge on any atom is -0.373 e. The third-order valence-electron chi connectivity index (χ3n) is 4.68. The molecule has 1 heterocycles. The van der Waals surface area contributed by atoms with Crippen LogP contribution in [0.15, 0.2) is 30.3 Å². The van der Waals surface area contributed by atoms with Gasteiger partial charge in [0.05, 0.1) is 5.56 Å². The lowest BCUT2D eigenvalue weighted by Crippen LogP contribution is -2.13. The van der Waals surface area contributed by atoms with E-state index >= 15 is 0 Å². The summed E-state index contributed by atoms with van der Waals surface area (Å²) in [6.45, 7) is 6.03. The molecule has 1 saturated carbocycles. The summed E-state index contributed by atoms with van der Waals surface area (Å²) in [6.07, 6.45) is 11.0. The molecule has 4 heteroatoms. The first-order valence-corrected chi connectivity index (χ1v) is 9.63. The summed E-state index contributed by atoms with van der Waals surface area (Å²) in [6, 6.07) is 4.93. The highest BCUT2D eigenvalue weighted by Gasteiger charge is 2.22. The maximum Gasteiger partial charge on any atom is 0.107 e. The standard InChI is InChI=1S/C19H25ClN2S/c1-3-4-7-15(10-11-20)14(2)18-12-16(13-21)19(23-18)22-17-8-5-6-9-17/h3,10-12,14-15,17,22H,1,4-9H2,2H3/b11-10+. The van der Waals surface area contributed by atoms with Gasteiger partial charge >= 0.3 is 0 Å². The quantitative estimate of drug-likeness (QED) is 0.550. The molecule has 1 fully saturated rings. The predicted molar refractivity (Wildman–Crippen MR) is 101 cm³/mol. The van der Waals surface area contributed by atoms with Crippen molar-refractivity contribution in [3.8, 4) is 6.07 Å². The fraction of sp³-hybridized carbons (Fsp3) is 0.526. The maximum atomic E-state index is 9.44. The smallest absolute Gasteiger partial charge is 0.107 e. The minimum atomic E-state index is 0.348. The van der Waals surface area contributed by atoms with E-state index in [0.29, 0.717) is 17.9 Å². The zero-order valence-electron chi connectivity index (χ0n) is 13.7. The van der Waals surface area contributed by atoms with E-state index in [-0.39, 0.29) is 0 Å². The highest BCUT2D eigenvalue weighted by molar-refractivity contribution is 7.16. The first-order valence-electron chi connectivity index (χ1n) is 8.37. The Morgan fingerprint density at radius 3 is 2.87 bits per heavy atom. The molecule has 0 bridgehead atoms. The second kappa shape index (κ2) is 9.15. The molecule has 2 nitrogen and oxygen atoms in total. The molecule has 0 spiro atoms. The molecule has 1 aromatic heterocycles. The van der Waals surface area contributed by atoms with Gasteiger partial charge in [0.2, 0.25) is 0 Å². The number of hydrogen-bond acceptors (Lipinski definition) is 3. The van der Waals surface area contributed by atoms with Crippen molar-refractivity contribution in [1.29, 1.82) is 5.26 Å². The zero-order valence-corrected chi connectivity index (χ0v) is 15.3. The van der Waals surface area contributed by atoms with E-state index in [1.165, 1.54) is 30.6 Å². The first kappa shape index (κ1) is 18.1. The SMILES string of the molecule is C=CCCC(/C=C/Cl)C(C)c1cc(C#N)c(NC2CCCC2)s1. The van der Waals surface area contributed by atoms with Gasteiger partial charge in [-0.1, -0.05) is 43.5 Å². The van der Waals surface area contributed by atoms with Gasteiger partial charge in [0.25, 0.3) is 0 Å². The number of anilines is 1. The van der Waals surface area contributed by atoms with Crippen LogP contribution in [0.1, 0.15) is 61.8 Å². The summed E-state index contributed by atoms with van der Waals surface area (Å²) < 4.78 is 0. The molecule has 1 aliphatic carbocycles. The van der Waals surface area contributed by atoms with Crippen LogP contribution in [0, 0.1) is 17.2 Å². The Balaban J connectivity index is 2.15. The first-order chi connectivity index (χ1) is 11.2. The molecule has 124 valence electrons. The number of rotatable bonds is 8. The van der Waals surface area contributed by atoms with Gasteiger partial charge in [0.15, 0.2) is 0 Å². The van der Waals surface area contributed by atoms with E-state index in [4.69, 9.17) is 11.6 Å². The second-order valence-electron chi connectivity index (χ2n) is 6.27. The summed E-state index contributed by atoms with van der Waals surface area (Å²) in [4.78, 5) is 1.26. The Morgan fingerprint density at radius 1 is 1.52 bits per heavy atom. The molecule has 2 rings (SSSR count). The van der Waals surface area contributed by atoms with Gasteiger partial charge in [-0.2, -0.15) is 5.26 Å². The molecular formula is C19H25ClN2S. The molecule has 2 unspecified atom stereocenters. The zero-order chi connectivity index (χ0) is 16.7. The topological polar surface area (TPSA) is 35.8 Å². The van der Waals surface area contributed by atoms with Crippen LogP contribution >= 0.6 is 22.9 Å². The number of thiophene rings is 1. The highest BCUT2D eigenvalue weighted by Crippen LogP contribution is 2.39. The van der Waals surface area contributed by atoms with E-state index in [2.05, 4.69) is 37.0 Å². The van der Waals surface area contributed by atoms with Crippen LogP contribution in [0.2, 0.25) is 0 Å². The summed E-state index contributed by atoms with van der Waals surface area (Å²) in [5.41, 5.74) is 2.39. The Hall–Kier alpha value is -1.24. The van der Waals surface area contributed by atoms with Gasteiger partial charge in [-0.05, 0) is 43.6 Å². The molecule has 2 atom stereocenters. The molecule has 0 saturated heterocycles. The second-order valence-corrected chi connectivity index (χ2v) is 7.60. The van der Waals surface area contributed by atoms with Crippen molar-refractivity contribution in [2.24, 2.45) is 5.92 Å². The third kappa shape index (κ3) is 4.86. The molecule has 0 radical (unpaired) electrons. The van der Waals surface area contributed by atoms with Crippen molar-refractivity contribution in [2.75, 3.05) is 5.32 Å². The fourth-order valence-electron chi connectivity index (χ4n) is 3.21. The van der Waals surface area contributed by atoms with E-state index in [1.807, 2.05) is 6.08 Å². The van der Waals surface area contributed by atoms with Gasteiger partial charge in [-0.15, -0.1) is 17.9 Å². The Labute approximate surface area is 148 Å². The van der Waals surface area contributed by atoms with Gasteiger partial charge < -0.3 is 5.32 Å². The lowest BCUT2D eigenvalue weighted by molar-refractivity contribution is 0.513. The van der Waals surface area contributed by atoms with Gasteiger partial charge in [0, 0.05) is 16.5 Å². The lowest BCUT2D eigenvalue weighted by atomic mass is 9.88. The van der Waals surface area contributed by atoms with Crippen LogP contribution < -0.4 is 5.32 Å². The van der Waals surface area contributed by atoms with Gasteiger partial charge in [0.1, 0.15) is 11.1 Å². The van der Waals surface area contributed by atoms with Crippen LogP contribution in [0.5, 0.6) is 0 Å². The normalized spacial score (nSPS) is 18.0. The maximum absolute atomic E-state index is 9.44. The fourth-order valence-corrected chi connectivity index (χ4v) is 4.61. The van der Waals surface area contributed by atoms with Crippen molar-refractivity contribution >= 4 is 27.9 Å². The molecule has 1 aromatic rings. The summed E-state index contributed by atoms with van der Waals surface area (Å²) in [5.74, 6) is 0.719. The Kier molecular flexibility index (Phi) is 7.20. The molecule has 1 aliphatic rings. The molecule has 0 amide bonds. The van der Waals surface area contributed by atoms with E-state index in [9.17, 15) is 5.26 Å². The van der Waals surface area contributed by atoms with Crippen molar-refractivity contribution in [3.63, 3.8) is 0 Å². The highest BCUT2D eigenvalue weighted by atomic mass is 35.5. The summed E-state index contributed by atoms with van der Waals surface area (Å²) >= 11 is 7.55. The minimum absolute atomic E-state index is 0.348. The number of nitriles is 1. The number of nitrogens with one attached hydrogen (secondary N) is 1. The van der Waals surface area contributed by atoms with E-state index < -0.39 is 0 Å². The molecule has 23 heavy (non-hydrogen) atoms. The molecule has 1 N–H and O–H groups in total. The monoisotopic (exact) mass is 348 g/mol. The van der Waals surface area contributed by atoms with Crippen LogP contribution in [0.3, 0.4) is 0 Å². The number of allylic oxidation sites excluding steroid dienone is 2. The molecule has 0 aromatic carbocycles. The number of halogens is 1. The third-order valence-corrected chi connectivity index (χ3v) is 6.09. The number of hydrogen-bond donors (Lipinski definition) is 1. The van der Waals surface area contributed by atoms with E-state index in [0.717, 1.165) is 23.4 Å². The van der Waals surface area contributed by atoms with Crippen LogP contribution in [-0.4, -0.2) is 6.04 Å². The molecular weight excluding hydrogens is 324 g/mol. The van der Waals surface area contributed by atoms with Crippen molar-refractivity contribution in [1.82, 2.24) is 0 Å². The average Bonchev–Trinajstić information content (AvgIpc) is 3.20. The number of nitrogens with zero attached hydrogens (tertiary/aromatic N) is 1. The van der Waals surface area contributed by atoms with Crippen LogP contribution in [0.25, 0.3) is 0 Å². The van der Waals surface area contributed by atoms with Crippen molar-refractivity contribution in [3.05, 3.63) is 40.8 Å². The predicted octanol–water partition coefficient (Wildman–Crippen LogP) is 6.41. The average molecular weight is 349 g/mol. The Morgan fingerprint density at radius 2 is 2.26 bits per heavy atom. The van der Waals surface area contributed by atoms with Crippen LogP contribution in [0.4, 0.5) is 5.00 Å². The Bertz CT molecular complexity index is 579.